The quantitative estimate of drug-likeness (QED) is 0.776. The van der Waals surface area contributed by atoms with E-state index in [1.807, 2.05) is 27.8 Å². The molecule has 0 amide bonds. The molecule has 0 bridgehead atoms. The van der Waals surface area contributed by atoms with Crippen LogP contribution in [0.15, 0.2) is 24.4 Å². The fraction of sp³-hybridized carbons (Fsp3) is 0.333. The van der Waals surface area contributed by atoms with E-state index in [-0.39, 0.29) is 5.78 Å². The number of carbonyl (C=O) groups is 1. The number of hydrogen-bond donors (Lipinski definition) is 0. The van der Waals surface area contributed by atoms with Crippen LogP contribution in [0.2, 0.25) is 0 Å². The molecule has 1 aromatic heterocycles. The van der Waals surface area contributed by atoms with Crippen LogP contribution in [0, 0.1) is 20.8 Å². The molecule has 0 spiro atoms. The zero-order valence-corrected chi connectivity index (χ0v) is 11.3. The molecule has 3 nitrogen and oxygen atoms in total. The van der Waals surface area contributed by atoms with Crippen LogP contribution in [0.5, 0.6) is 0 Å². The highest BCUT2D eigenvalue weighted by molar-refractivity contribution is 5.98. The van der Waals surface area contributed by atoms with E-state index in [0.717, 1.165) is 22.4 Å². The van der Waals surface area contributed by atoms with E-state index in [9.17, 15) is 4.79 Å². The number of rotatable bonds is 3. The van der Waals surface area contributed by atoms with E-state index in [2.05, 4.69) is 23.3 Å². The highest BCUT2D eigenvalue weighted by atomic mass is 16.1. The molecule has 94 valence electrons. The van der Waals surface area contributed by atoms with Crippen LogP contribution in [0.4, 0.5) is 0 Å². The first-order valence-electron chi connectivity index (χ1n) is 6.07. The van der Waals surface area contributed by atoms with Crippen molar-refractivity contribution in [3.05, 3.63) is 52.3 Å². The second-order valence-corrected chi connectivity index (χ2v) is 4.80. The van der Waals surface area contributed by atoms with Gasteiger partial charge in [0.1, 0.15) is 0 Å². The van der Waals surface area contributed by atoms with Crippen LogP contribution in [0.1, 0.15) is 32.7 Å². The zero-order chi connectivity index (χ0) is 13.3. The Labute approximate surface area is 107 Å². The molecule has 0 atom stereocenters. The van der Waals surface area contributed by atoms with Gasteiger partial charge in [0.15, 0.2) is 5.78 Å². The summed E-state index contributed by atoms with van der Waals surface area (Å²) in [5.74, 6) is 0.134. The number of ketones is 1. The summed E-state index contributed by atoms with van der Waals surface area (Å²) in [6.45, 7) is 6.00. The lowest BCUT2D eigenvalue weighted by Crippen LogP contribution is -2.06. The monoisotopic (exact) mass is 242 g/mol. The molecule has 1 aromatic carbocycles. The average molecular weight is 242 g/mol. The van der Waals surface area contributed by atoms with Crippen molar-refractivity contribution in [3.63, 3.8) is 0 Å². The van der Waals surface area contributed by atoms with E-state index >= 15 is 0 Å². The third-order valence-corrected chi connectivity index (χ3v) is 3.39. The summed E-state index contributed by atoms with van der Waals surface area (Å²) in [6, 6.07) is 6.21. The topological polar surface area (TPSA) is 34.9 Å². The molecule has 1 heterocycles. The van der Waals surface area contributed by atoms with Gasteiger partial charge in [-0.2, -0.15) is 5.10 Å². The Balaban J connectivity index is 2.27. The van der Waals surface area contributed by atoms with E-state index in [1.54, 1.807) is 10.9 Å². The van der Waals surface area contributed by atoms with Gasteiger partial charge < -0.3 is 0 Å². The first-order chi connectivity index (χ1) is 8.49. The van der Waals surface area contributed by atoms with Gasteiger partial charge in [-0.05, 0) is 31.9 Å². The highest BCUT2D eigenvalue weighted by Gasteiger charge is 2.14. The van der Waals surface area contributed by atoms with Gasteiger partial charge in [-0.15, -0.1) is 0 Å². The molecule has 0 N–H and O–H groups in total. The number of nitrogens with zero attached hydrogens (tertiary/aromatic N) is 2. The molecule has 0 aliphatic heterocycles. The molecular formula is C15H18N2O. The summed E-state index contributed by atoms with van der Waals surface area (Å²) in [6.07, 6.45) is 2.10. The predicted molar refractivity (Wildman–Crippen MR) is 71.9 cm³/mol. The van der Waals surface area contributed by atoms with Gasteiger partial charge in [-0.25, -0.2) is 0 Å². The second kappa shape index (κ2) is 4.77. The van der Waals surface area contributed by atoms with Crippen molar-refractivity contribution in [3.8, 4) is 0 Å². The van der Waals surface area contributed by atoms with Crippen molar-refractivity contribution in [2.24, 2.45) is 7.05 Å². The third-order valence-electron chi connectivity index (χ3n) is 3.39. The summed E-state index contributed by atoms with van der Waals surface area (Å²) < 4.78 is 1.73. The van der Waals surface area contributed by atoms with Crippen LogP contribution in [-0.4, -0.2) is 15.6 Å². The average Bonchev–Trinajstić information content (AvgIpc) is 2.65. The van der Waals surface area contributed by atoms with Crippen LogP contribution >= 0.6 is 0 Å². The Morgan fingerprint density at radius 1 is 1.28 bits per heavy atom. The van der Waals surface area contributed by atoms with Crippen LogP contribution in [-0.2, 0) is 13.5 Å². The SMILES string of the molecule is Cc1ccc(C)c(CC(=O)c2cnn(C)c2C)c1. The van der Waals surface area contributed by atoms with Gasteiger partial charge in [-0.1, -0.05) is 23.8 Å². The molecule has 0 saturated heterocycles. The van der Waals surface area contributed by atoms with Crippen molar-refractivity contribution < 1.29 is 4.79 Å². The van der Waals surface area contributed by atoms with Crippen molar-refractivity contribution in [1.82, 2.24) is 9.78 Å². The predicted octanol–water partition coefficient (Wildman–Crippen LogP) is 2.77. The molecule has 18 heavy (non-hydrogen) atoms. The first kappa shape index (κ1) is 12.6. The van der Waals surface area contributed by atoms with Crippen LogP contribution < -0.4 is 0 Å². The fourth-order valence-electron chi connectivity index (χ4n) is 2.03. The Kier molecular flexibility index (Phi) is 3.32. The van der Waals surface area contributed by atoms with Gasteiger partial charge in [0, 0.05) is 19.2 Å². The summed E-state index contributed by atoms with van der Waals surface area (Å²) in [5, 5.41) is 4.11. The van der Waals surface area contributed by atoms with Crippen molar-refractivity contribution in [2.75, 3.05) is 0 Å². The molecule has 2 rings (SSSR count). The maximum atomic E-state index is 12.3. The Hall–Kier alpha value is -1.90. The minimum absolute atomic E-state index is 0.134. The molecule has 0 fully saturated rings. The van der Waals surface area contributed by atoms with Crippen LogP contribution in [0.3, 0.4) is 0 Å². The first-order valence-corrected chi connectivity index (χ1v) is 6.07. The summed E-state index contributed by atoms with van der Waals surface area (Å²) in [7, 11) is 1.85. The molecule has 0 radical (unpaired) electrons. The number of Topliss-reactive ketones (excluding diaryl/α,β-unsaturated/α-hetero) is 1. The summed E-state index contributed by atoms with van der Waals surface area (Å²) in [5.41, 5.74) is 5.09. The molecule has 0 unspecified atom stereocenters. The summed E-state index contributed by atoms with van der Waals surface area (Å²) >= 11 is 0. The molecular weight excluding hydrogens is 224 g/mol. The van der Waals surface area contributed by atoms with Crippen LogP contribution in [0.25, 0.3) is 0 Å². The van der Waals surface area contributed by atoms with Gasteiger partial charge >= 0.3 is 0 Å². The fourth-order valence-corrected chi connectivity index (χ4v) is 2.03. The Morgan fingerprint density at radius 2 is 2.00 bits per heavy atom. The second-order valence-electron chi connectivity index (χ2n) is 4.80. The lowest BCUT2D eigenvalue weighted by atomic mass is 9.98. The number of benzene rings is 1. The number of carbonyl (C=O) groups excluding carboxylic acids is 1. The Morgan fingerprint density at radius 3 is 2.61 bits per heavy atom. The largest absolute Gasteiger partial charge is 0.294 e. The standard InChI is InChI=1S/C15H18N2O/c1-10-5-6-11(2)13(7-10)8-15(18)14-9-16-17(4)12(14)3/h5-7,9H,8H2,1-4H3. The van der Waals surface area contributed by atoms with Gasteiger partial charge in [0.2, 0.25) is 0 Å². The number of aromatic nitrogens is 2. The number of hydrogen-bond acceptors (Lipinski definition) is 2. The molecule has 2 aromatic rings. The number of aryl methyl sites for hydroxylation is 3. The van der Waals surface area contributed by atoms with E-state index < -0.39 is 0 Å². The Bertz CT molecular complexity index is 597. The normalized spacial score (nSPS) is 10.7. The van der Waals surface area contributed by atoms with Crippen molar-refractivity contribution in [2.45, 2.75) is 27.2 Å². The van der Waals surface area contributed by atoms with E-state index in [0.29, 0.717) is 6.42 Å². The maximum Gasteiger partial charge on any atom is 0.170 e. The zero-order valence-electron chi connectivity index (χ0n) is 11.3. The molecule has 3 heteroatoms. The van der Waals surface area contributed by atoms with Gasteiger partial charge in [-0.3, -0.25) is 9.48 Å². The summed E-state index contributed by atoms with van der Waals surface area (Å²) in [4.78, 5) is 12.3. The minimum atomic E-state index is 0.134. The lowest BCUT2D eigenvalue weighted by molar-refractivity contribution is 0.0992. The lowest BCUT2D eigenvalue weighted by Gasteiger charge is -2.06. The molecule has 0 saturated carbocycles. The van der Waals surface area contributed by atoms with Crippen molar-refractivity contribution >= 4 is 5.78 Å². The van der Waals surface area contributed by atoms with Crippen molar-refractivity contribution in [1.29, 1.82) is 0 Å². The molecule has 0 aliphatic rings. The maximum absolute atomic E-state index is 12.3. The third kappa shape index (κ3) is 2.35. The van der Waals surface area contributed by atoms with Gasteiger partial charge in [0.25, 0.3) is 0 Å². The smallest absolute Gasteiger partial charge is 0.170 e. The van der Waals surface area contributed by atoms with E-state index in [1.165, 1.54) is 5.56 Å². The minimum Gasteiger partial charge on any atom is -0.294 e. The molecule has 0 aliphatic carbocycles. The highest BCUT2D eigenvalue weighted by Crippen LogP contribution is 2.15. The van der Waals surface area contributed by atoms with E-state index in [4.69, 9.17) is 0 Å². The van der Waals surface area contributed by atoms with Gasteiger partial charge in [0.05, 0.1) is 11.8 Å².